The summed E-state index contributed by atoms with van der Waals surface area (Å²) in [5.74, 6) is 6.70. The van der Waals surface area contributed by atoms with Crippen LogP contribution in [0.15, 0.2) is 54.3 Å². The average Bonchev–Trinajstić information content (AvgIpc) is 3.43. The number of nitrogens with zero attached hydrogens (tertiary/aromatic N) is 2. The number of anilines is 2. The molecule has 1 aromatic carbocycles. The summed E-state index contributed by atoms with van der Waals surface area (Å²) in [6.07, 6.45) is 6.01. The van der Waals surface area contributed by atoms with E-state index in [0.29, 0.717) is 18.2 Å². The first-order valence-corrected chi connectivity index (χ1v) is 10.2. The second-order valence-electron chi connectivity index (χ2n) is 6.83. The third-order valence-electron chi connectivity index (χ3n) is 4.42. The molecular formula is C22H21N3O3S. The molecule has 4 rings (SSSR count). The number of aliphatic hydroxyl groups is 1. The Morgan fingerprint density at radius 1 is 1.28 bits per heavy atom. The van der Waals surface area contributed by atoms with E-state index in [1.54, 1.807) is 25.5 Å². The van der Waals surface area contributed by atoms with Gasteiger partial charge in [-0.05, 0) is 37.3 Å². The summed E-state index contributed by atoms with van der Waals surface area (Å²) >= 11 is 1.38. The molecule has 0 aliphatic carbocycles. The lowest BCUT2D eigenvalue weighted by atomic mass is 10.1. The summed E-state index contributed by atoms with van der Waals surface area (Å²) in [5, 5.41) is 16.4. The first-order chi connectivity index (χ1) is 14.1. The van der Waals surface area contributed by atoms with Crippen LogP contribution in [0, 0.1) is 11.8 Å². The third kappa shape index (κ3) is 4.93. The van der Waals surface area contributed by atoms with Crippen LogP contribution in [-0.4, -0.2) is 34.4 Å². The average molecular weight is 407 g/mol. The number of thiazole rings is 1. The van der Waals surface area contributed by atoms with Crippen LogP contribution < -0.4 is 10.1 Å². The maximum atomic E-state index is 10.6. The van der Waals surface area contributed by atoms with Crippen LogP contribution in [-0.2, 0) is 10.3 Å². The monoisotopic (exact) mass is 407 g/mol. The fourth-order valence-electron chi connectivity index (χ4n) is 2.90. The fraction of sp³-hybridized carbons (Fsp3) is 0.273. The third-order valence-corrected chi connectivity index (χ3v) is 5.40. The summed E-state index contributed by atoms with van der Waals surface area (Å²) in [7, 11) is 0. The van der Waals surface area contributed by atoms with Crippen LogP contribution in [0.25, 0.3) is 0 Å². The van der Waals surface area contributed by atoms with Crippen molar-refractivity contribution in [2.75, 3.05) is 18.5 Å². The van der Waals surface area contributed by atoms with Gasteiger partial charge in [-0.15, -0.1) is 11.3 Å². The Balaban J connectivity index is 1.62. The first-order valence-electron chi connectivity index (χ1n) is 9.31. The summed E-state index contributed by atoms with van der Waals surface area (Å²) in [6.45, 7) is 2.95. The number of aromatic nitrogens is 2. The lowest BCUT2D eigenvalue weighted by molar-refractivity contribution is 0.122. The van der Waals surface area contributed by atoms with E-state index < -0.39 is 5.60 Å². The molecule has 3 aromatic rings. The van der Waals surface area contributed by atoms with Gasteiger partial charge in [0.15, 0.2) is 5.60 Å². The largest absolute Gasteiger partial charge is 0.486 e. The Bertz CT molecular complexity index is 1000. The van der Waals surface area contributed by atoms with Crippen molar-refractivity contribution in [2.45, 2.75) is 25.0 Å². The van der Waals surface area contributed by atoms with Gasteiger partial charge in [-0.25, -0.2) is 4.98 Å². The van der Waals surface area contributed by atoms with Crippen LogP contribution >= 0.6 is 11.3 Å². The molecular weight excluding hydrogens is 386 g/mol. The van der Waals surface area contributed by atoms with Crippen LogP contribution in [0.4, 0.5) is 11.4 Å². The molecule has 148 valence electrons. The van der Waals surface area contributed by atoms with Gasteiger partial charge in [0.05, 0.1) is 18.9 Å². The number of pyridine rings is 1. The number of rotatable bonds is 5. The minimum Gasteiger partial charge on any atom is -0.486 e. The van der Waals surface area contributed by atoms with E-state index in [9.17, 15) is 5.11 Å². The molecule has 1 aliphatic heterocycles. The van der Waals surface area contributed by atoms with Crippen LogP contribution in [0.1, 0.15) is 23.9 Å². The summed E-state index contributed by atoms with van der Waals surface area (Å²) < 4.78 is 11.5. The Kier molecular flexibility index (Phi) is 5.76. The van der Waals surface area contributed by atoms with Crippen molar-refractivity contribution in [1.82, 2.24) is 9.97 Å². The van der Waals surface area contributed by atoms with Gasteiger partial charge in [0.1, 0.15) is 16.9 Å². The molecule has 6 nitrogen and oxygen atoms in total. The summed E-state index contributed by atoms with van der Waals surface area (Å²) in [5.41, 5.74) is 1.15. The van der Waals surface area contributed by atoms with E-state index in [4.69, 9.17) is 9.47 Å². The molecule has 0 spiro atoms. The molecule has 2 atom stereocenters. The number of benzene rings is 1. The van der Waals surface area contributed by atoms with Gasteiger partial charge in [-0.2, -0.15) is 0 Å². The van der Waals surface area contributed by atoms with Gasteiger partial charge in [0.25, 0.3) is 0 Å². The van der Waals surface area contributed by atoms with Crippen molar-refractivity contribution >= 4 is 22.7 Å². The van der Waals surface area contributed by atoms with Crippen molar-refractivity contribution < 1.29 is 14.6 Å². The molecule has 0 bridgehead atoms. The molecule has 0 saturated carbocycles. The van der Waals surface area contributed by atoms with Gasteiger partial charge in [0.2, 0.25) is 0 Å². The number of nitrogens with one attached hydrogen (secondary N) is 1. The van der Waals surface area contributed by atoms with Gasteiger partial charge in [0, 0.05) is 41.6 Å². The highest BCUT2D eigenvalue weighted by Crippen LogP contribution is 2.31. The highest BCUT2D eigenvalue weighted by Gasteiger charge is 2.23. The van der Waals surface area contributed by atoms with Gasteiger partial charge < -0.3 is 19.9 Å². The van der Waals surface area contributed by atoms with Crippen LogP contribution in [0.2, 0.25) is 0 Å². The molecule has 1 unspecified atom stereocenters. The highest BCUT2D eigenvalue weighted by atomic mass is 32.1. The van der Waals surface area contributed by atoms with Gasteiger partial charge in [-0.1, -0.05) is 11.8 Å². The lowest BCUT2D eigenvalue weighted by Gasteiger charge is -2.17. The normalized spacial score (nSPS) is 17.8. The predicted octanol–water partition coefficient (Wildman–Crippen LogP) is 3.71. The zero-order valence-corrected chi connectivity index (χ0v) is 16.8. The molecule has 1 fully saturated rings. The molecule has 1 saturated heterocycles. The van der Waals surface area contributed by atoms with Crippen molar-refractivity contribution in [3.8, 4) is 17.6 Å². The fourth-order valence-corrected chi connectivity index (χ4v) is 3.55. The molecule has 1 aliphatic rings. The van der Waals surface area contributed by atoms with Crippen LogP contribution in [0.5, 0.6) is 5.75 Å². The maximum absolute atomic E-state index is 10.6. The standard InChI is InChI=1S/C22H21N3O3S/c1-22(26,21-24-11-13-29-21)8-4-16-2-3-20(28-18-7-12-27-15-18)19(14-16)25-17-5-9-23-10-6-17/h2-3,5-6,9-11,13-14,18,26H,7,12,15H2,1H3,(H,23,25)/t18-,22?/m0/s1. The number of hydrogen-bond acceptors (Lipinski definition) is 7. The van der Waals surface area contributed by atoms with E-state index in [1.807, 2.05) is 35.7 Å². The molecule has 0 radical (unpaired) electrons. The quantitative estimate of drug-likeness (QED) is 0.628. The first kappa shape index (κ1) is 19.4. The summed E-state index contributed by atoms with van der Waals surface area (Å²) in [6, 6.07) is 9.45. The maximum Gasteiger partial charge on any atom is 0.174 e. The zero-order chi connectivity index (χ0) is 20.1. The van der Waals surface area contributed by atoms with Crippen molar-refractivity contribution in [2.24, 2.45) is 0 Å². The van der Waals surface area contributed by atoms with Crippen molar-refractivity contribution in [1.29, 1.82) is 0 Å². The van der Waals surface area contributed by atoms with E-state index in [-0.39, 0.29) is 6.10 Å². The van der Waals surface area contributed by atoms with E-state index in [2.05, 4.69) is 27.1 Å². The Labute approximate surface area is 173 Å². The Morgan fingerprint density at radius 3 is 2.86 bits per heavy atom. The topological polar surface area (TPSA) is 76.5 Å². The molecule has 7 heteroatoms. The van der Waals surface area contributed by atoms with Crippen LogP contribution in [0.3, 0.4) is 0 Å². The number of hydrogen-bond donors (Lipinski definition) is 2. The molecule has 29 heavy (non-hydrogen) atoms. The van der Waals surface area contributed by atoms with Crippen molar-refractivity contribution in [3.63, 3.8) is 0 Å². The lowest BCUT2D eigenvalue weighted by Crippen LogP contribution is -2.18. The minimum atomic E-state index is -1.30. The molecule has 2 aromatic heterocycles. The van der Waals surface area contributed by atoms with Gasteiger partial charge in [-0.3, -0.25) is 4.98 Å². The van der Waals surface area contributed by atoms with E-state index in [1.165, 1.54) is 11.3 Å². The van der Waals surface area contributed by atoms with E-state index in [0.717, 1.165) is 29.1 Å². The highest BCUT2D eigenvalue weighted by molar-refractivity contribution is 7.09. The molecule has 3 heterocycles. The second-order valence-corrected chi connectivity index (χ2v) is 7.73. The van der Waals surface area contributed by atoms with E-state index >= 15 is 0 Å². The van der Waals surface area contributed by atoms with Crippen molar-refractivity contribution in [3.05, 3.63) is 64.9 Å². The smallest absolute Gasteiger partial charge is 0.174 e. The van der Waals surface area contributed by atoms with Gasteiger partial charge >= 0.3 is 0 Å². The molecule has 2 N–H and O–H groups in total. The number of ether oxygens (including phenoxy) is 2. The molecule has 0 amide bonds. The Hall–Kier alpha value is -2.92. The summed E-state index contributed by atoms with van der Waals surface area (Å²) in [4.78, 5) is 8.21. The second kappa shape index (κ2) is 8.62. The SMILES string of the molecule is CC(O)(C#Cc1ccc(O[C@H]2CCOC2)c(Nc2ccncc2)c1)c1nccs1. The Morgan fingerprint density at radius 2 is 2.14 bits per heavy atom. The zero-order valence-electron chi connectivity index (χ0n) is 16.0. The predicted molar refractivity (Wildman–Crippen MR) is 112 cm³/mol. The minimum absolute atomic E-state index is 0.0376.